The van der Waals surface area contributed by atoms with Gasteiger partial charge in [0, 0.05) is 37.9 Å². The maximum atomic E-state index is 13.0. The Hall–Kier alpha value is -2.20. The molecule has 2 aromatic rings. The smallest absolute Gasteiger partial charge is 0.272 e. The lowest BCUT2D eigenvalue weighted by Gasteiger charge is -2.36. The van der Waals surface area contributed by atoms with Crippen LogP contribution in [-0.2, 0) is 12.8 Å². The molecule has 6 rings (SSSR count). The first-order chi connectivity index (χ1) is 12.8. The number of fused-ring (bicyclic) bond motifs is 5. The van der Waals surface area contributed by atoms with Crippen molar-refractivity contribution in [3.05, 3.63) is 65.5 Å². The summed E-state index contributed by atoms with van der Waals surface area (Å²) >= 11 is 0. The normalized spacial score (nSPS) is 25.9. The fraction of sp³-hybridized carbons (Fsp3) is 0.455. The van der Waals surface area contributed by atoms with Crippen LogP contribution in [0.15, 0.2) is 48.7 Å². The first-order valence-corrected chi connectivity index (χ1v) is 9.81. The molecule has 26 heavy (non-hydrogen) atoms. The fourth-order valence-corrected chi connectivity index (χ4v) is 5.10. The fourth-order valence-electron chi connectivity index (χ4n) is 5.10. The van der Waals surface area contributed by atoms with Crippen LogP contribution in [0.1, 0.15) is 34.5 Å². The van der Waals surface area contributed by atoms with E-state index in [4.69, 9.17) is 0 Å². The molecule has 3 fully saturated rings. The summed E-state index contributed by atoms with van der Waals surface area (Å²) in [6.45, 7) is 3.02. The van der Waals surface area contributed by atoms with Crippen molar-refractivity contribution >= 4 is 5.91 Å². The molecule has 4 heteroatoms. The Balaban J connectivity index is 1.34. The lowest BCUT2D eigenvalue weighted by atomic mass is 9.94. The molecule has 3 saturated heterocycles. The minimum Gasteiger partial charge on any atom is -0.333 e. The highest BCUT2D eigenvalue weighted by Gasteiger charge is 2.40. The van der Waals surface area contributed by atoms with Crippen molar-refractivity contribution in [1.29, 1.82) is 0 Å². The summed E-state index contributed by atoms with van der Waals surface area (Å²) in [6.07, 6.45) is 6.39. The average Bonchev–Trinajstić information content (AvgIpc) is 2.91. The van der Waals surface area contributed by atoms with Crippen molar-refractivity contribution in [2.24, 2.45) is 5.92 Å². The molecule has 1 amide bonds. The molecule has 4 aliphatic rings. The third kappa shape index (κ3) is 2.82. The number of hydrogen-bond acceptors (Lipinski definition) is 3. The molecule has 1 aliphatic carbocycles. The number of amides is 1. The molecule has 3 aliphatic heterocycles. The molecule has 1 aromatic heterocycles. The van der Waals surface area contributed by atoms with Gasteiger partial charge in [0.05, 0.1) is 0 Å². The first kappa shape index (κ1) is 16.0. The minimum absolute atomic E-state index is 0.108. The SMILES string of the molecule is O=C(c1ccccn1)N1C[C@H]2CC[C@@H]1CN(C1Cc3ccccc3C1)C2. The Labute approximate surface area is 154 Å². The van der Waals surface area contributed by atoms with Crippen LogP contribution in [-0.4, -0.2) is 52.4 Å². The topological polar surface area (TPSA) is 36.4 Å². The Morgan fingerprint density at radius 1 is 0.885 bits per heavy atom. The highest BCUT2D eigenvalue weighted by molar-refractivity contribution is 5.92. The van der Waals surface area contributed by atoms with Gasteiger partial charge in [0.15, 0.2) is 0 Å². The molecule has 1 aromatic carbocycles. The Kier molecular flexibility index (Phi) is 4.01. The van der Waals surface area contributed by atoms with E-state index < -0.39 is 0 Å². The number of benzene rings is 1. The van der Waals surface area contributed by atoms with Crippen molar-refractivity contribution in [3.63, 3.8) is 0 Å². The van der Waals surface area contributed by atoms with Gasteiger partial charge in [0.25, 0.3) is 5.91 Å². The summed E-state index contributed by atoms with van der Waals surface area (Å²) in [5, 5.41) is 0. The summed E-state index contributed by atoms with van der Waals surface area (Å²) in [5.74, 6) is 0.696. The molecule has 0 radical (unpaired) electrons. The van der Waals surface area contributed by atoms with Crippen LogP contribution in [0.5, 0.6) is 0 Å². The maximum absolute atomic E-state index is 13.0. The highest BCUT2D eigenvalue weighted by atomic mass is 16.2. The number of carbonyl (C=O) groups excluding carboxylic acids is 1. The van der Waals surface area contributed by atoms with Crippen molar-refractivity contribution < 1.29 is 4.79 Å². The van der Waals surface area contributed by atoms with Crippen molar-refractivity contribution in [2.45, 2.75) is 37.8 Å². The first-order valence-electron chi connectivity index (χ1n) is 9.81. The van der Waals surface area contributed by atoms with Gasteiger partial charge >= 0.3 is 0 Å². The Morgan fingerprint density at radius 3 is 2.38 bits per heavy atom. The molecule has 0 N–H and O–H groups in total. The summed E-state index contributed by atoms with van der Waals surface area (Å²) in [6, 6.07) is 15.4. The predicted molar refractivity (Wildman–Crippen MR) is 101 cm³/mol. The number of nitrogens with zero attached hydrogens (tertiary/aromatic N) is 3. The van der Waals surface area contributed by atoms with Crippen LogP contribution in [0.25, 0.3) is 0 Å². The van der Waals surface area contributed by atoms with Crippen molar-refractivity contribution in [2.75, 3.05) is 19.6 Å². The predicted octanol–water partition coefficient (Wildman–Crippen LogP) is 2.79. The minimum atomic E-state index is 0.108. The zero-order chi connectivity index (χ0) is 17.5. The number of carbonyl (C=O) groups is 1. The summed E-state index contributed by atoms with van der Waals surface area (Å²) in [7, 11) is 0. The largest absolute Gasteiger partial charge is 0.333 e. The number of pyridine rings is 1. The molecular weight excluding hydrogens is 322 g/mol. The van der Waals surface area contributed by atoms with Crippen LogP contribution >= 0.6 is 0 Å². The summed E-state index contributed by atoms with van der Waals surface area (Å²) in [5.41, 5.74) is 3.60. The third-order valence-corrected chi connectivity index (χ3v) is 6.43. The van der Waals surface area contributed by atoms with Crippen LogP contribution in [0.3, 0.4) is 0 Å². The molecule has 0 spiro atoms. The number of aromatic nitrogens is 1. The monoisotopic (exact) mass is 347 g/mol. The molecule has 2 atom stereocenters. The third-order valence-electron chi connectivity index (χ3n) is 6.43. The lowest BCUT2D eigenvalue weighted by Crippen LogP contribution is -2.48. The molecule has 4 nitrogen and oxygen atoms in total. The van der Waals surface area contributed by atoms with E-state index in [-0.39, 0.29) is 5.91 Å². The van der Waals surface area contributed by atoms with Gasteiger partial charge in [-0.1, -0.05) is 30.3 Å². The van der Waals surface area contributed by atoms with E-state index in [2.05, 4.69) is 39.0 Å². The Morgan fingerprint density at radius 2 is 1.65 bits per heavy atom. The standard InChI is InChI=1S/C22H25N3O/c26-22(21-7-3-4-10-23-21)25-14-16-8-9-19(25)15-24(13-16)20-11-17-5-1-2-6-18(17)12-20/h1-7,10,16,19-20H,8-9,11-15H2/t16-,19+/m0/s1. The number of piperidine rings is 1. The van der Waals surface area contributed by atoms with Crippen molar-refractivity contribution in [1.82, 2.24) is 14.8 Å². The second-order valence-electron chi connectivity index (χ2n) is 8.05. The molecular formula is C22H25N3O. The second kappa shape index (κ2) is 6.51. The van der Waals surface area contributed by atoms with Crippen LogP contribution < -0.4 is 0 Å². The quantitative estimate of drug-likeness (QED) is 0.838. The van der Waals surface area contributed by atoms with Crippen LogP contribution in [0.2, 0.25) is 0 Å². The van der Waals surface area contributed by atoms with Gasteiger partial charge in [-0.2, -0.15) is 0 Å². The number of hydrogen-bond donors (Lipinski definition) is 0. The van der Waals surface area contributed by atoms with E-state index >= 15 is 0 Å². The van der Waals surface area contributed by atoms with E-state index in [1.54, 1.807) is 6.20 Å². The van der Waals surface area contributed by atoms with E-state index in [1.807, 2.05) is 18.2 Å². The summed E-state index contributed by atoms with van der Waals surface area (Å²) < 4.78 is 0. The average molecular weight is 347 g/mol. The van der Waals surface area contributed by atoms with Crippen molar-refractivity contribution in [3.8, 4) is 0 Å². The van der Waals surface area contributed by atoms with Gasteiger partial charge in [-0.15, -0.1) is 0 Å². The van der Waals surface area contributed by atoms with Gasteiger partial charge in [-0.3, -0.25) is 14.7 Å². The maximum Gasteiger partial charge on any atom is 0.272 e. The Bertz CT molecular complexity index is 781. The molecule has 2 bridgehead atoms. The lowest BCUT2D eigenvalue weighted by molar-refractivity contribution is 0.0575. The summed E-state index contributed by atoms with van der Waals surface area (Å²) in [4.78, 5) is 22.1. The molecule has 0 saturated carbocycles. The van der Waals surface area contributed by atoms with Crippen LogP contribution in [0.4, 0.5) is 0 Å². The van der Waals surface area contributed by atoms with Gasteiger partial charge in [0.2, 0.25) is 0 Å². The molecule has 4 heterocycles. The van der Waals surface area contributed by atoms with E-state index in [0.29, 0.717) is 23.7 Å². The zero-order valence-electron chi connectivity index (χ0n) is 15.1. The van der Waals surface area contributed by atoms with Gasteiger partial charge < -0.3 is 4.90 Å². The molecule has 0 unspecified atom stereocenters. The number of rotatable bonds is 2. The van der Waals surface area contributed by atoms with Gasteiger partial charge in [-0.25, -0.2) is 0 Å². The zero-order valence-corrected chi connectivity index (χ0v) is 15.1. The van der Waals surface area contributed by atoms with Gasteiger partial charge in [0.1, 0.15) is 5.69 Å². The highest BCUT2D eigenvalue weighted by Crippen LogP contribution is 2.33. The van der Waals surface area contributed by atoms with E-state index in [1.165, 1.54) is 17.5 Å². The van der Waals surface area contributed by atoms with E-state index in [0.717, 1.165) is 38.9 Å². The van der Waals surface area contributed by atoms with Crippen LogP contribution in [0, 0.1) is 5.92 Å². The van der Waals surface area contributed by atoms with Gasteiger partial charge in [-0.05, 0) is 54.9 Å². The molecule has 134 valence electrons. The second-order valence-corrected chi connectivity index (χ2v) is 8.05. The van der Waals surface area contributed by atoms with E-state index in [9.17, 15) is 4.79 Å².